The summed E-state index contributed by atoms with van der Waals surface area (Å²) < 4.78 is 24.3. The smallest absolute Gasteiger partial charge is 0.262 e. The van der Waals surface area contributed by atoms with Gasteiger partial charge in [0.05, 0.1) is 28.8 Å². The van der Waals surface area contributed by atoms with Crippen molar-refractivity contribution >= 4 is 37.3 Å². The number of aromatic nitrogens is 2. The number of thiophene rings is 1. The number of hydrogen-bond acceptors (Lipinski definition) is 6. The van der Waals surface area contributed by atoms with E-state index < -0.39 is 21.3 Å². The van der Waals surface area contributed by atoms with Crippen LogP contribution in [0.25, 0.3) is 10.2 Å². The van der Waals surface area contributed by atoms with Crippen molar-refractivity contribution in [1.29, 1.82) is 0 Å². The second kappa shape index (κ2) is 5.17. The molecule has 3 rings (SSSR count). The zero-order valence-electron chi connectivity index (χ0n) is 11.9. The number of rotatable bonds is 3. The molecular weight excluding hydrogens is 326 g/mol. The molecule has 0 radical (unpaired) electrons. The Morgan fingerprint density at radius 3 is 3.00 bits per heavy atom. The van der Waals surface area contributed by atoms with Crippen LogP contribution in [0.15, 0.2) is 22.6 Å². The molecule has 1 fully saturated rings. The SMILES string of the molecule is C[C@]1(NC(=O)Cn2cnc3sccc3c2=O)CCS(=O)(=O)C1. The minimum atomic E-state index is -3.10. The van der Waals surface area contributed by atoms with Gasteiger partial charge in [0.2, 0.25) is 5.91 Å². The lowest BCUT2D eigenvalue weighted by molar-refractivity contribution is -0.123. The summed E-state index contributed by atoms with van der Waals surface area (Å²) in [4.78, 5) is 29.1. The molecule has 0 unspecified atom stereocenters. The van der Waals surface area contributed by atoms with Gasteiger partial charge in [0, 0.05) is 0 Å². The van der Waals surface area contributed by atoms with Crippen molar-refractivity contribution in [2.24, 2.45) is 0 Å². The summed E-state index contributed by atoms with van der Waals surface area (Å²) >= 11 is 1.36. The minimum Gasteiger partial charge on any atom is -0.348 e. The number of hydrogen-bond donors (Lipinski definition) is 1. The van der Waals surface area contributed by atoms with Crippen LogP contribution in [0.1, 0.15) is 13.3 Å². The quantitative estimate of drug-likeness (QED) is 0.857. The highest BCUT2D eigenvalue weighted by atomic mass is 32.2. The van der Waals surface area contributed by atoms with E-state index in [1.807, 2.05) is 0 Å². The number of nitrogens with one attached hydrogen (secondary N) is 1. The lowest BCUT2D eigenvalue weighted by atomic mass is 10.0. The molecule has 1 aliphatic rings. The first kappa shape index (κ1) is 15.2. The van der Waals surface area contributed by atoms with Crippen molar-refractivity contribution in [2.75, 3.05) is 11.5 Å². The van der Waals surface area contributed by atoms with Crippen molar-refractivity contribution in [3.05, 3.63) is 28.1 Å². The van der Waals surface area contributed by atoms with E-state index >= 15 is 0 Å². The van der Waals surface area contributed by atoms with E-state index in [9.17, 15) is 18.0 Å². The Bertz CT molecular complexity index is 899. The van der Waals surface area contributed by atoms with E-state index in [1.165, 1.54) is 22.2 Å². The molecule has 1 N–H and O–H groups in total. The standard InChI is InChI=1S/C13H15N3O4S2/c1-13(3-5-22(19,20)7-13)15-10(17)6-16-8-14-11-9(12(16)18)2-4-21-11/h2,4,8H,3,5-7H2,1H3,(H,15,17)/t13-/m0/s1. The van der Waals surface area contributed by atoms with Crippen LogP contribution in [0.2, 0.25) is 0 Å². The summed E-state index contributed by atoms with van der Waals surface area (Å²) in [6.45, 7) is 1.53. The maximum atomic E-state index is 12.2. The molecular formula is C13H15N3O4S2. The van der Waals surface area contributed by atoms with E-state index in [0.29, 0.717) is 16.6 Å². The zero-order chi connectivity index (χ0) is 16.0. The maximum Gasteiger partial charge on any atom is 0.262 e. The fraction of sp³-hybridized carbons (Fsp3) is 0.462. The Morgan fingerprint density at radius 1 is 1.55 bits per heavy atom. The predicted molar refractivity (Wildman–Crippen MR) is 83.7 cm³/mol. The van der Waals surface area contributed by atoms with Gasteiger partial charge in [0.1, 0.15) is 11.4 Å². The summed E-state index contributed by atoms with van der Waals surface area (Å²) in [5.74, 6) is -0.382. The lowest BCUT2D eigenvalue weighted by Gasteiger charge is -2.24. The Balaban J connectivity index is 1.76. The largest absolute Gasteiger partial charge is 0.348 e. The maximum absolute atomic E-state index is 12.2. The van der Waals surface area contributed by atoms with E-state index in [2.05, 4.69) is 10.3 Å². The molecule has 9 heteroatoms. The van der Waals surface area contributed by atoms with E-state index in [4.69, 9.17) is 0 Å². The number of carbonyl (C=O) groups is 1. The molecule has 0 saturated carbocycles. The molecule has 0 aromatic carbocycles. The molecule has 22 heavy (non-hydrogen) atoms. The van der Waals surface area contributed by atoms with Crippen LogP contribution >= 0.6 is 11.3 Å². The second-order valence-corrected chi connectivity index (χ2v) is 8.85. The molecule has 1 aliphatic heterocycles. The van der Waals surface area contributed by atoms with Gasteiger partial charge < -0.3 is 5.32 Å². The minimum absolute atomic E-state index is 0.0670. The van der Waals surface area contributed by atoms with Crippen LogP contribution in [0.5, 0.6) is 0 Å². The third-order valence-electron chi connectivity index (χ3n) is 3.71. The van der Waals surface area contributed by atoms with E-state index in [1.54, 1.807) is 18.4 Å². The van der Waals surface area contributed by atoms with Crippen molar-refractivity contribution in [2.45, 2.75) is 25.4 Å². The van der Waals surface area contributed by atoms with Gasteiger partial charge in [-0.25, -0.2) is 13.4 Å². The third kappa shape index (κ3) is 2.91. The average Bonchev–Trinajstić information content (AvgIpc) is 2.98. The number of fused-ring (bicyclic) bond motifs is 1. The topological polar surface area (TPSA) is 98.1 Å². The van der Waals surface area contributed by atoms with Gasteiger partial charge in [0.15, 0.2) is 9.84 Å². The molecule has 1 atom stereocenters. The van der Waals surface area contributed by atoms with Gasteiger partial charge in [0.25, 0.3) is 5.56 Å². The summed E-state index contributed by atoms with van der Waals surface area (Å²) in [6.07, 6.45) is 1.73. The van der Waals surface area contributed by atoms with E-state index in [-0.39, 0.29) is 23.6 Å². The summed E-state index contributed by atoms with van der Waals surface area (Å²) in [7, 11) is -3.10. The summed E-state index contributed by atoms with van der Waals surface area (Å²) in [6, 6.07) is 1.68. The van der Waals surface area contributed by atoms with Gasteiger partial charge in [-0.1, -0.05) is 0 Å². The molecule has 2 aromatic heterocycles. The number of amides is 1. The average molecular weight is 341 g/mol. The van der Waals surface area contributed by atoms with Gasteiger partial charge in [-0.3, -0.25) is 14.2 Å². The summed E-state index contributed by atoms with van der Waals surface area (Å²) in [5, 5.41) is 4.98. The fourth-order valence-corrected chi connectivity index (χ4v) is 5.46. The van der Waals surface area contributed by atoms with Crippen molar-refractivity contribution < 1.29 is 13.2 Å². The van der Waals surface area contributed by atoms with Crippen LogP contribution in [-0.2, 0) is 21.2 Å². The fourth-order valence-electron chi connectivity index (χ4n) is 2.65. The molecule has 118 valence electrons. The van der Waals surface area contributed by atoms with Crippen molar-refractivity contribution in [1.82, 2.24) is 14.9 Å². The Hall–Kier alpha value is -1.74. The molecule has 1 saturated heterocycles. The van der Waals surface area contributed by atoms with Crippen LogP contribution in [-0.4, -0.2) is 40.9 Å². The third-order valence-corrected chi connectivity index (χ3v) is 6.43. The van der Waals surface area contributed by atoms with Crippen LogP contribution < -0.4 is 10.9 Å². The second-order valence-electron chi connectivity index (χ2n) is 5.77. The highest BCUT2D eigenvalue weighted by molar-refractivity contribution is 7.91. The number of nitrogens with zero attached hydrogens (tertiary/aromatic N) is 2. The Morgan fingerprint density at radius 2 is 2.32 bits per heavy atom. The molecule has 0 bridgehead atoms. The van der Waals surface area contributed by atoms with E-state index in [0.717, 1.165) is 0 Å². The van der Waals surface area contributed by atoms with Gasteiger partial charge in [-0.15, -0.1) is 11.3 Å². The van der Waals surface area contributed by atoms with Gasteiger partial charge in [-0.2, -0.15) is 0 Å². The van der Waals surface area contributed by atoms with Crippen molar-refractivity contribution in [3.8, 4) is 0 Å². The Kier molecular flexibility index (Phi) is 3.56. The molecule has 3 heterocycles. The normalized spacial score (nSPS) is 23.7. The van der Waals surface area contributed by atoms with Gasteiger partial charge in [-0.05, 0) is 24.8 Å². The highest BCUT2D eigenvalue weighted by Gasteiger charge is 2.39. The van der Waals surface area contributed by atoms with Crippen LogP contribution in [0, 0.1) is 0 Å². The number of sulfone groups is 1. The zero-order valence-corrected chi connectivity index (χ0v) is 13.5. The molecule has 2 aromatic rings. The van der Waals surface area contributed by atoms with Crippen LogP contribution in [0.4, 0.5) is 0 Å². The van der Waals surface area contributed by atoms with Crippen LogP contribution in [0.3, 0.4) is 0 Å². The summed E-state index contributed by atoms with van der Waals surface area (Å²) in [5.41, 5.74) is -1.04. The molecule has 0 spiro atoms. The lowest BCUT2D eigenvalue weighted by Crippen LogP contribution is -2.48. The highest BCUT2D eigenvalue weighted by Crippen LogP contribution is 2.22. The number of carbonyl (C=O) groups excluding carboxylic acids is 1. The van der Waals surface area contributed by atoms with Gasteiger partial charge >= 0.3 is 0 Å². The first-order valence-electron chi connectivity index (χ1n) is 6.72. The predicted octanol–water partition coefficient (Wildman–Crippen LogP) is 0.151. The van der Waals surface area contributed by atoms with Crippen molar-refractivity contribution in [3.63, 3.8) is 0 Å². The monoisotopic (exact) mass is 341 g/mol. The first-order valence-corrected chi connectivity index (χ1v) is 9.42. The Labute approximate surface area is 130 Å². The molecule has 0 aliphatic carbocycles. The molecule has 1 amide bonds. The first-order chi connectivity index (χ1) is 10.3. The molecule has 7 nitrogen and oxygen atoms in total.